The molecule has 104 valence electrons. The van der Waals surface area contributed by atoms with E-state index >= 15 is 0 Å². The summed E-state index contributed by atoms with van der Waals surface area (Å²) in [5, 5.41) is 9.87. The van der Waals surface area contributed by atoms with Crippen molar-refractivity contribution in [2.24, 2.45) is 5.14 Å². The summed E-state index contributed by atoms with van der Waals surface area (Å²) in [6, 6.07) is 2.52. The molecule has 1 fully saturated rings. The van der Waals surface area contributed by atoms with Crippen LogP contribution in [0.5, 0.6) is 0 Å². The average molecular weight is 287 g/mol. The van der Waals surface area contributed by atoms with Gasteiger partial charge in [-0.25, -0.2) is 22.7 Å². The zero-order valence-corrected chi connectivity index (χ0v) is 10.8. The average Bonchev–Trinajstić information content (AvgIpc) is 2.25. The Morgan fingerprint density at radius 3 is 2.58 bits per heavy atom. The van der Waals surface area contributed by atoms with Crippen molar-refractivity contribution in [3.63, 3.8) is 0 Å². The van der Waals surface area contributed by atoms with Crippen molar-refractivity contribution < 1.29 is 17.6 Å². The number of rotatable bonds is 3. The van der Waals surface area contributed by atoms with E-state index in [2.05, 4.69) is 10.6 Å². The van der Waals surface area contributed by atoms with E-state index in [-0.39, 0.29) is 16.6 Å². The normalized spacial score (nSPS) is 15.7. The molecule has 0 aliphatic heterocycles. The molecular weight excluding hydrogens is 273 g/mol. The fourth-order valence-corrected chi connectivity index (χ4v) is 2.21. The molecule has 4 N–H and O–H groups in total. The van der Waals surface area contributed by atoms with E-state index < -0.39 is 21.9 Å². The number of primary sulfonamides is 1. The molecule has 0 radical (unpaired) electrons. The Bertz CT molecular complexity index is 599. The van der Waals surface area contributed by atoms with Crippen molar-refractivity contribution in [3.05, 3.63) is 24.0 Å². The first kappa shape index (κ1) is 13.8. The summed E-state index contributed by atoms with van der Waals surface area (Å²) >= 11 is 0. The number of benzene rings is 1. The highest BCUT2D eigenvalue weighted by Gasteiger charge is 2.20. The second-order valence-electron chi connectivity index (χ2n) is 4.41. The Kier molecular flexibility index (Phi) is 3.72. The van der Waals surface area contributed by atoms with Gasteiger partial charge in [0.2, 0.25) is 10.0 Å². The molecule has 2 rings (SSSR count). The molecule has 0 heterocycles. The van der Waals surface area contributed by atoms with E-state index in [1.165, 1.54) is 0 Å². The summed E-state index contributed by atoms with van der Waals surface area (Å²) in [5.41, 5.74) is -0.219. The number of halogens is 1. The van der Waals surface area contributed by atoms with Crippen LogP contribution in [-0.2, 0) is 10.0 Å². The van der Waals surface area contributed by atoms with Crippen LogP contribution in [0.25, 0.3) is 0 Å². The predicted molar refractivity (Wildman–Crippen MR) is 67.6 cm³/mol. The molecule has 2 amide bonds. The summed E-state index contributed by atoms with van der Waals surface area (Å²) in [6.45, 7) is 0. The fourth-order valence-electron chi connectivity index (χ4n) is 1.67. The van der Waals surface area contributed by atoms with Crippen LogP contribution in [0, 0.1) is 5.82 Å². The van der Waals surface area contributed by atoms with Gasteiger partial charge in [-0.3, -0.25) is 0 Å². The predicted octanol–water partition coefficient (Wildman–Crippen LogP) is 1.15. The third-order valence-corrected chi connectivity index (χ3v) is 3.87. The molecule has 0 saturated heterocycles. The molecule has 1 aromatic rings. The Hall–Kier alpha value is -1.67. The van der Waals surface area contributed by atoms with Gasteiger partial charge >= 0.3 is 6.03 Å². The molecule has 1 aliphatic carbocycles. The number of anilines is 1. The molecule has 1 aromatic carbocycles. The van der Waals surface area contributed by atoms with E-state index in [1.54, 1.807) is 0 Å². The Balaban J connectivity index is 2.12. The maximum absolute atomic E-state index is 13.5. The molecular formula is C11H14FN3O3S. The lowest BCUT2D eigenvalue weighted by atomic mass is 9.93. The van der Waals surface area contributed by atoms with Crippen molar-refractivity contribution in [1.29, 1.82) is 0 Å². The number of sulfonamides is 1. The van der Waals surface area contributed by atoms with Crippen molar-refractivity contribution in [2.45, 2.75) is 30.2 Å². The SMILES string of the molecule is NS(=O)(=O)c1ccc(F)c(NC(=O)NC2CCC2)c1. The zero-order chi connectivity index (χ0) is 14.0. The fraction of sp³-hybridized carbons (Fsp3) is 0.364. The molecule has 8 heteroatoms. The molecule has 0 unspecified atom stereocenters. The number of carbonyl (C=O) groups is 1. The van der Waals surface area contributed by atoms with Gasteiger partial charge in [0.05, 0.1) is 10.6 Å². The first-order chi connectivity index (χ1) is 8.86. The van der Waals surface area contributed by atoms with Crippen LogP contribution in [0.4, 0.5) is 14.9 Å². The monoisotopic (exact) mass is 287 g/mol. The van der Waals surface area contributed by atoms with Crippen molar-refractivity contribution >= 4 is 21.7 Å². The minimum atomic E-state index is -3.93. The van der Waals surface area contributed by atoms with Gasteiger partial charge in [0.15, 0.2) is 0 Å². The zero-order valence-electron chi connectivity index (χ0n) is 10.0. The summed E-state index contributed by atoms with van der Waals surface area (Å²) in [4.78, 5) is 11.3. The standard InChI is InChI=1S/C11H14FN3O3S/c12-9-5-4-8(19(13,17)18)6-10(9)15-11(16)14-7-2-1-3-7/h4-7H,1-3H2,(H2,13,17,18)(H2,14,15,16). The third kappa shape index (κ3) is 3.42. The van der Waals surface area contributed by atoms with Crippen LogP contribution >= 0.6 is 0 Å². The van der Waals surface area contributed by atoms with Gasteiger partial charge < -0.3 is 10.6 Å². The van der Waals surface area contributed by atoms with Crippen molar-refractivity contribution in [2.75, 3.05) is 5.32 Å². The van der Waals surface area contributed by atoms with E-state index in [0.29, 0.717) is 0 Å². The largest absolute Gasteiger partial charge is 0.335 e. The van der Waals surface area contributed by atoms with Crippen molar-refractivity contribution in [1.82, 2.24) is 5.32 Å². The Labute approximate surface area is 110 Å². The van der Waals surface area contributed by atoms with E-state index in [4.69, 9.17) is 5.14 Å². The van der Waals surface area contributed by atoms with Crippen LogP contribution in [-0.4, -0.2) is 20.5 Å². The maximum atomic E-state index is 13.5. The van der Waals surface area contributed by atoms with Crippen LogP contribution in [0.2, 0.25) is 0 Å². The number of hydrogen-bond donors (Lipinski definition) is 3. The number of urea groups is 1. The lowest BCUT2D eigenvalue weighted by molar-refractivity contribution is 0.240. The molecule has 1 saturated carbocycles. The smallest absolute Gasteiger partial charge is 0.319 e. The molecule has 0 aromatic heterocycles. The number of carbonyl (C=O) groups excluding carboxylic acids is 1. The van der Waals surface area contributed by atoms with Crippen LogP contribution in [0.1, 0.15) is 19.3 Å². The quantitative estimate of drug-likeness (QED) is 0.777. The summed E-state index contributed by atoms with van der Waals surface area (Å²) in [5.74, 6) is -0.726. The van der Waals surface area contributed by atoms with Gasteiger partial charge in [-0.1, -0.05) is 0 Å². The molecule has 19 heavy (non-hydrogen) atoms. The topological polar surface area (TPSA) is 101 Å². The number of amides is 2. The minimum Gasteiger partial charge on any atom is -0.335 e. The number of hydrogen-bond acceptors (Lipinski definition) is 3. The maximum Gasteiger partial charge on any atom is 0.319 e. The van der Waals surface area contributed by atoms with Crippen LogP contribution < -0.4 is 15.8 Å². The first-order valence-corrected chi connectivity index (χ1v) is 7.31. The lowest BCUT2D eigenvalue weighted by Gasteiger charge is -2.26. The highest BCUT2D eigenvalue weighted by molar-refractivity contribution is 7.89. The second-order valence-corrected chi connectivity index (χ2v) is 5.97. The van der Waals surface area contributed by atoms with Gasteiger partial charge in [0.25, 0.3) is 0 Å². The second kappa shape index (κ2) is 5.14. The Morgan fingerprint density at radius 1 is 1.37 bits per heavy atom. The lowest BCUT2D eigenvalue weighted by Crippen LogP contribution is -2.42. The van der Waals surface area contributed by atoms with Gasteiger partial charge in [0, 0.05) is 6.04 Å². The summed E-state index contributed by atoms with van der Waals surface area (Å²) in [6.07, 6.45) is 2.85. The van der Waals surface area contributed by atoms with E-state index in [9.17, 15) is 17.6 Å². The molecule has 6 nitrogen and oxygen atoms in total. The Morgan fingerprint density at radius 2 is 2.05 bits per heavy atom. The van der Waals surface area contributed by atoms with E-state index in [0.717, 1.165) is 37.5 Å². The highest BCUT2D eigenvalue weighted by Crippen LogP contribution is 2.20. The number of nitrogens with one attached hydrogen (secondary N) is 2. The molecule has 0 atom stereocenters. The van der Waals surface area contributed by atoms with Gasteiger partial charge in [-0.05, 0) is 37.5 Å². The van der Waals surface area contributed by atoms with E-state index in [1.807, 2.05) is 0 Å². The first-order valence-electron chi connectivity index (χ1n) is 5.76. The van der Waals surface area contributed by atoms with Crippen LogP contribution in [0.3, 0.4) is 0 Å². The summed E-state index contributed by atoms with van der Waals surface area (Å²) in [7, 11) is -3.93. The third-order valence-electron chi connectivity index (χ3n) is 2.95. The highest BCUT2D eigenvalue weighted by atomic mass is 32.2. The van der Waals surface area contributed by atoms with Gasteiger partial charge in [-0.2, -0.15) is 0 Å². The number of nitrogens with two attached hydrogens (primary N) is 1. The van der Waals surface area contributed by atoms with Crippen molar-refractivity contribution in [3.8, 4) is 0 Å². The molecule has 0 bridgehead atoms. The minimum absolute atomic E-state index is 0.101. The molecule has 1 aliphatic rings. The van der Waals surface area contributed by atoms with Gasteiger partial charge in [0.1, 0.15) is 5.82 Å². The summed E-state index contributed by atoms with van der Waals surface area (Å²) < 4.78 is 35.8. The molecule has 0 spiro atoms. The van der Waals surface area contributed by atoms with Crippen LogP contribution in [0.15, 0.2) is 23.1 Å². The van der Waals surface area contributed by atoms with Gasteiger partial charge in [-0.15, -0.1) is 0 Å².